The Labute approximate surface area is 99.0 Å². The van der Waals surface area contributed by atoms with Gasteiger partial charge in [0, 0.05) is 12.1 Å². The molecule has 96 valence electrons. The van der Waals surface area contributed by atoms with Gasteiger partial charge in [0.05, 0.1) is 4.92 Å². The van der Waals surface area contributed by atoms with Gasteiger partial charge in [0.25, 0.3) is 5.69 Å². The summed E-state index contributed by atoms with van der Waals surface area (Å²) in [5, 5.41) is 18.6. The van der Waals surface area contributed by atoms with Gasteiger partial charge in [-0.05, 0) is 6.07 Å². The lowest BCUT2D eigenvalue weighted by Gasteiger charge is -1.96. The molecule has 0 radical (unpaired) electrons. The molecule has 1 N–H and O–H groups in total. The highest BCUT2D eigenvalue weighted by molar-refractivity contribution is 5.88. The molecule has 0 amide bonds. The quantitative estimate of drug-likeness (QED) is 0.638. The third-order valence-electron chi connectivity index (χ3n) is 1.39. The summed E-state index contributed by atoms with van der Waals surface area (Å²) < 4.78 is 12.7. The van der Waals surface area contributed by atoms with E-state index < -0.39 is 28.0 Å². The van der Waals surface area contributed by atoms with Gasteiger partial charge in [-0.15, -0.1) is 0 Å². The average molecular weight is 245 g/mol. The van der Waals surface area contributed by atoms with Crippen molar-refractivity contribution in [3.05, 3.63) is 39.7 Å². The Morgan fingerprint density at radius 3 is 2.12 bits per heavy atom. The minimum Gasteiger partial charge on any atom is -0.478 e. The van der Waals surface area contributed by atoms with E-state index in [0.29, 0.717) is 6.07 Å². The Bertz CT molecular complexity index is 380. The molecule has 1 aromatic rings. The topological polar surface area (TPSA) is 80.4 Å². The summed E-state index contributed by atoms with van der Waals surface area (Å²) in [6.07, 6.45) is 0. The number of halogens is 1. The van der Waals surface area contributed by atoms with E-state index in [2.05, 4.69) is 0 Å². The molecule has 6 heteroatoms. The van der Waals surface area contributed by atoms with Crippen molar-refractivity contribution in [2.45, 2.75) is 27.7 Å². The minimum absolute atomic E-state index is 0.446. The maximum atomic E-state index is 12.7. The Morgan fingerprint density at radius 2 is 1.76 bits per heavy atom. The van der Waals surface area contributed by atoms with Crippen molar-refractivity contribution in [1.82, 2.24) is 0 Å². The van der Waals surface area contributed by atoms with Gasteiger partial charge in [0.15, 0.2) is 0 Å². The van der Waals surface area contributed by atoms with E-state index in [4.69, 9.17) is 5.11 Å². The van der Waals surface area contributed by atoms with Crippen LogP contribution in [-0.2, 0) is 0 Å². The van der Waals surface area contributed by atoms with Crippen LogP contribution in [0.2, 0.25) is 0 Å². The predicted molar refractivity (Wildman–Crippen MR) is 62.7 cm³/mol. The van der Waals surface area contributed by atoms with Crippen molar-refractivity contribution in [2.24, 2.45) is 0 Å². The standard InChI is InChI=1S/C7H4FNO4.2C2H6/c8-6-2-1-4(9(12)13)3-5(6)7(10)11;2*1-2/h1-3H,(H,10,11);2*1-2H3. The van der Waals surface area contributed by atoms with Gasteiger partial charge in [0.2, 0.25) is 0 Å². The van der Waals surface area contributed by atoms with E-state index in [1.807, 2.05) is 27.7 Å². The molecule has 0 saturated heterocycles. The molecule has 1 rings (SSSR count). The molecule has 0 aliphatic heterocycles. The van der Waals surface area contributed by atoms with Gasteiger partial charge in [-0.1, -0.05) is 27.7 Å². The lowest BCUT2D eigenvalue weighted by molar-refractivity contribution is -0.384. The van der Waals surface area contributed by atoms with E-state index >= 15 is 0 Å². The highest BCUT2D eigenvalue weighted by Crippen LogP contribution is 2.16. The first-order chi connectivity index (χ1) is 8.02. The second-order valence-corrected chi connectivity index (χ2v) is 2.23. The van der Waals surface area contributed by atoms with Gasteiger partial charge in [0.1, 0.15) is 11.4 Å². The Morgan fingerprint density at radius 1 is 1.29 bits per heavy atom. The zero-order valence-corrected chi connectivity index (χ0v) is 10.2. The fourth-order valence-electron chi connectivity index (χ4n) is 0.791. The first-order valence-electron chi connectivity index (χ1n) is 5.19. The van der Waals surface area contributed by atoms with Crippen LogP contribution in [0.25, 0.3) is 0 Å². The molecule has 5 nitrogen and oxygen atoms in total. The Kier molecular flexibility index (Phi) is 9.49. The zero-order valence-electron chi connectivity index (χ0n) is 10.2. The lowest BCUT2D eigenvalue weighted by Crippen LogP contribution is -2.01. The van der Waals surface area contributed by atoms with Crippen LogP contribution in [-0.4, -0.2) is 16.0 Å². The van der Waals surface area contributed by atoms with Crippen LogP contribution in [0.1, 0.15) is 38.1 Å². The van der Waals surface area contributed by atoms with Crippen molar-refractivity contribution >= 4 is 11.7 Å². The average Bonchev–Trinajstić information content (AvgIpc) is 2.34. The van der Waals surface area contributed by atoms with Crippen molar-refractivity contribution in [3.8, 4) is 0 Å². The van der Waals surface area contributed by atoms with E-state index in [1.54, 1.807) is 0 Å². The summed E-state index contributed by atoms with van der Waals surface area (Å²) in [4.78, 5) is 19.7. The number of nitro benzene ring substituents is 1. The molecule has 0 aliphatic rings. The van der Waals surface area contributed by atoms with E-state index in [9.17, 15) is 19.3 Å². The van der Waals surface area contributed by atoms with Gasteiger partial charge in [-0.25, -0.2) is 9.18 Å². The Hall–Kier alpha value is -1.98. The summed E-state index contributed by atoms with van der Waals surface area (Å²) in [5.41, 5.74) is -1.15. The monoisotopic (exact) mass is 245 g/mol. The first kappa shape index (κ1) is 17.4. The molecule has 0 aromatic heterocycles. The fourth-order valence-corrected chi connectivity index (χ4v) is 0.791. The second kappa shape index (κ2) is 9.26. The number of aromatic carboxylic acids is 1. The van der Waals surface area contributed by atoms with Crippen molar-refractivity contribution in [1.29, 1.82) is 0 Å². The fraction of sp³-hybridized carbons (Fsp3) is 0.364. The van der Waals surface area contributed by atoms with Gasteiger partial charge in [-0.3, -0.25) is 10.1 Å². The predicted octanol–water partition coefficient (Wildman–Crippen LogP) is 3.48. The summed E-state index contributed by atoms with van der Waals surface area (Å²) in [6, 6.07) is 2.33. The highest BCUT2D eigenvalue weighted by Gasteiger charge is 2.15. The smallest absolute Gasteiger partial charge is 0.338 e. The van der Waals surface area contributed by atoms with Crippen LogP contribution in [0.5, 0.6) is 0 Å². The summed E-state index contributed by atoms with van der Waals surface area (Å²) in [7, 11) is 0. The molecule has 17 heavy (non-hydrogen) atoms. The molecule has 0 spiro atoms. The number of non-ortho nitro benzene ring substituents is 1. The lowest BCUT2D eigenvalue weighted by atomic mass is 10.2. The van der Waals surface area contributed by atoms with Crippen LogP contribution in [0, 0.1) is 15.9 Å². The van der Waals surface area contributed by atoms with Crippen LogP contribution in [0.3, 0.4) is 0 Å². The maximum absolute atomic E-state index is 12.7. The van der Waals surface area contributed by atoms with Gasteiger partial charge >= 0.3 is 5.97 Å². The van der Waals surface area contributed by atoms with Crippen molar-refractivity contribution < 1.29 is 19.2 Å². The zero-order chi connectivity index (χ0) is 14.0. The summed E-state index contributed by atoms with van der Waals surface area (Å²) in [6.45, 7) is 8.00. The number of carbonyl (C=O) groups is 1. The maximum Gasteiger partial charge on any atom is 0.338 e. The summed E-state index contributed by atoms with van der Waals surface area (Å²) >= 11 is 0. The number of carboxylic acid groups (broad SMARTS) is 1. The van der Waals surface area contributed by atoms with E-state index in [1.165, 1.54) is 0 Å². The molecule has 0 fully saturated rings. The molecule has 0 aliphatic carbocycles. The number of hydrogen-bond acceptors (Lipinski definition) is 3. The number of nitrogens with zero attached hydrogens (tertiary/aromatic N) is 1. The van der Waals surface area contributed by atoms with Gasteiger partial charge in [-0.2, -0.15) is 0 Å². The summed E-state index contributed by atoms with van der Waals surface area (Å²) in [5.74, 6) is -2.51. The molecule has 1 aromatic carbocycles. The number of nitro groups is 1. The number of carboxylic acids is 1. The van der Waals surface area contributed by atoms with Crippen molar-refractivity contribution in [3.63, 3.8) is 0 Å². The molecule has 0 saturated carbocycles. The van der Waals surface area contributed by atoms with Crippen LogP contribution >= 0.6 is 0 Å². The van der Waals surface area contributed by atoms with E-state index in [0.717, 1.165) is 12.1 Å². The van der Waals surface area contributed by atoms with Gasteiger partial charge < -0.3 is 5.11 Å². The van der Waals surface area contributed by atoms with Crippen LogP contribution in [0.4, 0.5) is 10.1 Å². The first-order valence-corrected chi connectivity index (χ1v) is 5.19. The van der Waals surface area contributed by atoms with Crippen LogP contribution in [0.15, 0.2) is 18.2 Å². The molecule has 0 bridgehead atoms. The molecular weight excluding hydrogens is 229 g/mol. The van der Waals surface area contributed by atoms with E-state index in [-0.39, 0.29) is 0 Å². The number of rotatable bonds is 2. The number of hydrogen-bond donors (Lipinski definition) is 1. The molecule has 0 heterocycles. The van der Waals surface area contributed by atoms with Crippen molar-refractivity contribution in [2.75, 3.05) is 0 Å². The third-order valence-corrected chi connectivity index (χ3v) is 1.39. The highest BCUT2D eigenvalue weighted by atomic mass is 19.1. The third kappa shape index (κ3) is 5.60. The van der Waals surface area contributed by atoms with Crippen LogP contribution < -0.4 is 0 Å². The molecule has 0 atom stereocenters. The number of benzene rings is 1. The Balaban J connectivity index is 0. The minimum atomic E-state index is -1.53. The largest absolute Gasteiger partial charge is 0.478 e. The SMILES string of the molecule is CC.CC.O=C(O)c1cc([N+](=O)[O-])ccc1F. The second-order valence-electron chi connectivity index (χ2n) is 2.23. The molecular formula is C11H16FNO4. The molecule has 0 unspecified atom stereocenters. The normalized spacial score (nSPS) is 8.06.